The molecule has 3 unspecified atom stereocenters. The maximum Gasteiger partial charge on any atom is 0.389 e. The number of nitrogens with one attached hydrogen (secondary N) is 1. The Morgan fingerprint density at radius 3 is 2.59 bits per heavy atom. The topological polar surface area (TPSA) is 82.1 Å². The molecule has 0 spiro atoms. The van der Waals surface area contributed by atoms with Crippen LogP contribution in [0.4, 0.5) is 18.9 Å². The summed E-state index contributed by atoms with van der Waals surface area (Å²) in [6, 6.07) is 4.24. The molecule has 2 amide bonds. The van der Waals surface area contributed by atoms with Crippen LogP contribution in [0.2, 0.25) is 0 Å². The Balaban J connectivity index is 1.88. The minimum atomic E-state index is -4.44. The van der Waals surface area contributed by atoms with Gasteiger partial charge in [0, 0.05) is 32.0 Å². The van der Waals surface area contributed by atoms with Gasteiger partial charge in [-0.15, -0.1) is 0 Å². The van der Waals surface area contributed by atoms with Gasteiger partial charge in [-0.25, -0.2) is 0 Å². The van der Waals surface area contributed by atoms with Crippen molar-refractivity contribution in [2.75, 3.05) is 38.6 Å². The summed E-state index contributed by atoms with van der Waals surface area (Å²) in [5.74, 6) is -0.474. The summed E-state index contributed by atoms with van der Waals surface area (Å²) >= 11 is 0. The summed E-state index contributed by atoms with van der Waals surface area (Å²) in [6.07, 6.45) is -0.561. The Morgan fingerprint density at radius 1 is 1.24 bits per heavy atom. The van der Waals surface area contributed by atoms with Gasteiger partial charge in [0.2, 0.25) is 5.91 Å². The van der Waals surface area contributed by atoms with Crippen LogP contribution >= 0.6 is 0 Å². The lowest BCUT2D eigenvalue weighted by molar-refractivity contribution is -0.142. The zero-order valence-electron chi connectivity index (χ0n) is 22.0. The van der Waals surface area contributed by atoms with Crippen LogP contribution in [0.3, 0.4) is 0 Å². The number of benzene rings is 1. The fourth-order valence-corrected chi connectivity index (χ4v) is 5.22. The van der Waals surface area contributed by atoms with E-state index in [1.807, 2.05) is 6.92 Å². The number of carbonyl (C=O) groups excluding carboxylic acids is 2. The van der Waals surface area contributed by atoms with Crippen molar-refractivity contribution in [1.29, 1.82) is 0 Å². The van der Waals surface area contributed by atoms with Crippen molar-refractivity contribution in [3.63, 3.8) is 0 Å². The first kappa shape index (κ1) is 29.2. The highest BCUT2D eigenvalue weighted by Gasteiger charge is 2.35. The van der Waals surface area contributed by atoms with E-state index < -0.39 is 31.0 Å². The lowest BCUT2D eigenvalue weighted by Gasteiger charge is -2.39. The second-order valence-corrected chi connectivity index (χ2v) is 10.7. The van der Waals surface area contributed by atoms with E-state index in [4.69, 9.17) is 4.74 Å². The Kier molecular flexibility index (Phi) is 10.2. The number of amides is 2. The number of hydrogen-bond donors (Lipinski definition) is 2. The number of ether oxygens (including phenoxy) is 1. The molecule has 10 heteroatoms. The van der Waals surface area contributed by atoms with Crippen LogP contribution in [0.15, 0.2) is 18.2 Å². The molecule has 1 heterocycles. The number of para-hydroxylation sites is 1. The number of aliphatic hydroxyl groups excluding tert-OH is 1. The summed E-state index contributed by atoms with van der Waals surface area (Å²) in [5.41, 5.74) is 0.379. The second kappa shape index (κ2) is 13.0. The first-order valence-corrected chi connectivity index (χ1v) is 13.2. The zero-order valence-corrected chi connectivity index (χ0v) is 22.0. The van der Waals surface area contributed by atoms with E-state index >= 15 is 0 Å². The van der Waals surface area contributed by atoms with Crippen LogP contribution < -0.4 is 10.1 Å². The number of anilines is 1. The molecule has 0 bridgehead atoms. The minimum Gasteiger partial charge on any atom is -0.486 e. The molecule has 3 rings (SSSR count). The number of aliphatic hydroxyl groups is 1. The predicted molar refractivity (Wildman–Crippen MR) is 136 cm³/mol. The molecule has 1 aliphatic heterocycles. The molecule has 0 radical (unpaired) electrons. The number of carbonyl (C=O) groups is 2. The first-order valence-electron chi connectivity index (χ1n) is 13.2. The van der Waals surface area contributed by atoms with Crippen LogP contribution in [-0.2, 0) is 4.79 Å². The van der Waals surface area contributed by atoms with Gasteiger partial charge in [0.1, 0.15) is 6.10 Å². The van der Waals surface area contributed by atoms with Gasteiger partial charge in [0.05, 0.1) is 30.3 Å². The summed E-state index contributed by atoms with van der Waals surface area (Å²) in [6.45, 7) is 5.44. The average molecular weight is 528 g/mol. The molecule has 37 heavy (non-hydrogen) atoms. The third-order valence-electron chi connectivity index (χ3n) is 7.39. The van der Waals surface area contributed by atoms with E-state index in [0.717, 1.165) is 6.54 Å². The van der Waals surface area contributed by atoms with Crippen LogP contribution in [0.1, 0.15) is 69.2 Å². The van der Waals surface area contributed by atoms with Crippen LogP contribution in [0.5, 0.6) is 5.75 Å². The molecule has 2 N–H and O–H groups in total. The second-order valence-electron chi connectivity index (χ2n) is 10.7. The van der Waals surface area contributed by atoms with Crippen molar-refractivity contribution >= 4 is 17.5 Å². The largest absolute Gasteiger partial charge is 0.486 e. The van der Waals surface area contributed by atoms with Crippen LogP contribution in [0, 0.1) is 11.8 Å². The Bertz CT molecular complexity index is 921. The Hall–Kier alpha value is -2.33. The van der Waals surface area contributed by atoms with E-state index in [1.165, 1.54) is 38.2 Å². The van der Waals surface area contributed by atoms with Gasteiger partial charge in [-0.05, 0) is 44.9 Å². The first-order chi connectivity index (χ1) is 17.5. The molecule has 3 atom stereocenters. The van der Waals surface area contributed by atoms with Gasteiger partial charge >= 0.3 is 6.18 Å². The number of hydrogen-bond acceptors (Lipinski definition) is 5. The SMILES string of the molecule is CC1CN(C(C)CO)C(=O)c2cccc(NC(=O)CCC(F)(F)F)c2OC1CN(C)CC1CCCCC1. The smallest absolute Gasteiger partial charge is 0.389 e. The van der Waals surface area contributed by atoms with Crippen molar-refractivity contribution < 1.29 is 32.6 Å². The number of nitrogens with zero attached hydrogens (tertiary/aromatic N) is 2. The van der Waals surface area contributed by atoms with Crippen molar-refractivity contribution in [2.45, 2.75) is 77.1 Å². The standard InChI is InChI=1S/C27H40F3N3O4/c1-18-14-33(19(2)17-34)26(36)21-10-7-11-22(31-24(35)12-13-27(28,29)30)25(21)37-23(18)16-32(3)15-20-8-5-4-6-9-20/h7,10-11,18-20,23,34H,4-6,8-9,12-17H2,1-3H3,(H,31,35). The minimum absolute atomic E-state index is 0.103. The van der Waals surface area contributed by atoms with Crippen LogP contribution in [-0.4, -0.2) is 78.3 Å². The van der Waals surface area contributed by atoms with E-state index in [1.54, 1.807) is 24.0 Å². The van der Waals surface area contributed by atoms with Crippen LogP contribution in [0.25, 0.3) is 0 Å². The summed E-state index contributed by atoms with van der Waals surface area (Å²) in [4.78, 5) is 29.7. The molecule has 1 aromatic carbocycles. The lowest BCUT2D eigenvalue weighted by Crippen LogP contribution is -2.50. The third kappa shape index (κ3) is 8.33. The molecular formula is C27H40F3N3O4. The predicted octanol–water partition coefficient (Wildman–Crippen LogP) is 4.70. The van der Waals surface area contributed by atoms with Gasteiger partial charge in [-0.1, -0.05) is 32.3 Å². The summed E-state index contributed by atoms with van der Waals surface area (Å²) in [7, 11) is 2.05. The molecule has 208 valence electrons. The normalized spacial score (nSPS) is 22.2. The molecular weight excluding hydrogens is 487 g/mol. The monoisotopic (exact) mass is 527 g/mol. The number of fused-ring (bicyclic) bond motifs is 1. The number of halogens is 3. The molecule has 7 nitrogen and oxygen atoms in total. The van der Waals surface area contributed by atoms with Gasteiger partial charge in [-0.3, -0.25) is 9.59 Å². The molecule has 1 fully saturated rings. The molecule has 1 aromatic rings. The highest BCUT2D eigenvalue weighted by molar-refractivity contribution is 6.01. The van der Waals surface area contributed by atoms with E-state index in [0.29, 0.717) is 19.0 Å². The maximum atomic E-state index is 13.5. The zero-order chi connectivity index (χ0) is 27.2. The molecule has 0 aromatic heterocycles. The van der Waals surface area contributed by atoms with E-state index in [-0.39, 0.29) is 41.5 Å². The molecule has 0 saturated heterocycles. The van der Waals surface area contributed by atoms with Gasteiger partial charge in [-0.2, -0.15) is 13.2 Å². The summed E-state index contributed by atoms with van der Waals surface area (Å²) in [5, 5.41) is 12.3. The Labute approximate surface area is 217 Å². The van der Waals surface area contributed by atoms with E-state index in [2.05, 4.69) is 17.3 Å². The Morgan fingerprint density at radius 2 is 1.95 bits per heavy atom. The molecule has 1 saturated carbocycles. The van der Waals surface area contributed by atoms with Gasteiger partial charge < -0.3 is 25.0 Å². The number of likely N-dealkylation sites (N-methyl/N-ethyl adjacent to an activating group) is 1. The lowest BCUT2D eigenvalue weighted by atomic mass is 9.89. The molecule has 1 aliphatic carbocycles. The van der Waals surface area contributed by atoms with Crippen molar-refractivity contribution in [2.24, 2.45) is 11.8 Å². The maximum absolute atomic E-state index is 13.5. The third-order valence-corrected chi connectivity index (χ3v) is 7.39. The van der Waals surface area contributed by atoms with Crippen molar-refractivity contribution in [1.82, 2.24) is 9.80 Å². The van der Waals surface area contributed by atoms with Gasteiger partial charge in [0.25, 0.3) is 5.91 Å². The van der Waals surface area contributed by atoms with E-state index in [9.17, 15) is 27.9 Å². The fourth-order valence-electron chi connectivity index (χ4n) is 5.22. The fraction of sp³-hybridized carbons (Fsp3) is 0.704. The van der Waals surface area contributed by atoms with Crippen molar-refractivity contribution in [3.8, 4) is 5.75 Å². The number of rotatable bonds is 9. The number of alkyl halides is 3. The highest BCUT2D eigenvalue weighted by atomic mass is 19.4. The van der Waals surface area contributed by atoms with Crippen molar-refractivity contribution in [3.05, 3.63) is 23.8 Å². The summed E-state index contributed by atoms with van der Waals surface area (Å²) < 4.78 is 44.3. The molecule has 2 aliphatic rings. The highest BCUT2D eigenvalue weighted by Crippen LogP contribution is 2.35. The quantitative estimate of drug-likeness (QED) is 0.487. The van der Waals surface area contributed by atoms with Gasteiger partial charge in [0.15, 0.2) is 5.75 Å². The average Bonchev–Trinajstić information content (AvgIpc) is 2.85.